The van der Waals surface area contributed by atoms with Crippen molar-refractivity contribution in [1.29, 1.82) is 0 Å². The molecule has 0 aliphatic carbocycles. The fraction of sp³-hybridized carbons (Fsp3) is 0.200. The molecule has 3 N–H and O–H groups in total. The van der Waals surface area contributed by atoms with Crippen LogP contribution < -0.4 is 11.3 Å². The second-order valence-electron chi connectivity index (χ2n) is 3.74. The number of nitro groups is 1. The molecule has 0 fully saturated rings. The molecule has 8 nitrogen and oxygen atoms in total. The molecule has 1 aromatic carbocycles. The maximum Gasteiger partial charge on any atom is 0.307 e. The Bertz CT molecular complexity index is 626. The highest BCUT2D eigenvalue weighted by molar-refractivity contribution is 7.99. The quantitative estimate of drug-likeness (QED) is 0.495. The normalized spacial score (nSPS) is 10.5. The fourth-order valence-corrected chi connectivity index (χ4v) is 2.46. The number of nitrogens with two attached hydrogens (primary N) is 1. The van der Waals surface area contributed by atoms with Crippen molar-refractivity contribution in [3.05, 3.63) is 34.1 Å². The van der Waals surface area contributed by atoms with Gasteiger partial charge in [0.15, 0.2) is 5.16 Å². The van der Waals surface area contributed by atoms with E-state index in [1.165, 1.54) is 11.8 Å². The zero-order valence-corrected chi connectivity index (χ0v) is 11.1. The van der Waals surface area contributed by atoms with Crippen molar-refractivity contribution in [3.63, 3.8) is 0 Å². The predicted octanol–water partition coefficient (Wildman–Crippen LogP) is 1.47. The number of hydrazine groups is 1. The minimum Gasteiger partial charge on any atom is -0.318 e. The summed E-state index contributed by atoms with van der Waals surface area (Å²) in [6.07, 6.45) is 0. The molecule has 0 aliphatic heterocycles. The largest absolute Gasteiger partial charge is 0.318 e. The average molecular weight is 280 g/mol. The molecular weight excluding hydrogens is 268 g/mol. The second-order valence-corrected chi connectivity index (χ2v) is 4.75. The van der Waals surface area contributed by atoms with E-state index in [-0.39, 0.29) is 11.4 Å². The van der Waals surface area contributed by atoms with Gasteiger partial charge in [0.1, 0.15) is 11.5 Å². The molecule has 0 aliphatic rings. The summed E-state index contributed by atoms with van der Waals surface area (Å²) in [4.78, 5) is 11.1. The van der Waals surface area contributed by atoms with Crippen molar-refractivity contribution >= 4 is 23.1 Å². The van der Waals surface area contributed by atoms with Crippen molar-refractivity contribution < 1.29 is 4.92 Å². The number of benzene rings is 1. The van der Waals surface area contributed by atoms with Gasteiger partial charge in [0, 0.05) is 7.05 Å². The summed E-state index contributed by atoms with van der Waals surface area (Å²) in [5, 5.41) is 19.6. The number of nitrogens with one attached hydrogen (secondary N) is 1. The third-order valence-electron chi connectivity index (χ3n) is 2.59. The molecule has 0 amide bonds. The number of nitrogens with zero attached hydrogens (tertiary/aromatic N) is 4. The number of para-hydroxylation sites is 1. The molecule has 100 valence electrons. The summed E-state index contributed by atoms with van der Waals surface area (Å²) in [5.41, 5.74) is 2.51. The fourth-order valence-electron chi connectivity index (χ4n) is 1.48. The molecule has 0 saturated carbocycles. The molecular formula is C10H12N6O2S. The Balaban J connectivity index is 2.45. The van der Waals surface area contributed by atoms with E-state index < -0.39 is 4.92 Å². The Morgan fingerprint density at radius 1 is 1.47 bits per heavy atom. The number of aryl methyl sites for hydroxylation is 1. The molecule has 19 heavy (non-hydrogen) atoms. The van der Waals surface area contributed by atoms with Crippen LogP contribution in [0.1, 0.15) is 5.82 Å². The Labute approximate surface area is 113 Å². The van der Waals surface area contributed by atoms with Crippen LogP contribution >= 0.6 is 11.8 Å². The summed E-state index contributed by atoms with van der Waals surface area (Å²) in [5.74, 6) is 6.02. The topological polar surface area (TPSA) is 112 Å². The Morgan fingerprint density at radius 2 is 2.21 bits per heavy atom. The van der Waals surface area contributed by atoms with Crippen molar-refractivity contribution in [2.75, 3.05) is 5.43 Å². The van der Waals surface area contributed by atoms with Gasteiger partial charge in [0.2, 0.25) is 0 Å². The van der Waals surface area contributed by atoms with Crippen LogP contribution in [-0.4, -0.2) is 19.7 Å². The van der Waals surface area contributed by atoms with E-state index in [9.17, 15) is 10.1 Å². The molecule has 1 aromatic heterocycles. The summed E-state index contributed by atoms with van der Waals surface area (Å²) in [7, 11) is 1.80. The highest BCUT2D eigenvalue weighted by Gasteiger charge is 2.21. The van der Waals surface area contributed by atoms with E-state index >= 15 is 0 Å². The number of nitro benzene ring substituents is 1. The summed E-state index contributed by atoms with van der Waals surface area (Å²) >= 11 is 1.17. The van der Waals surface area contributed by atoms with E-state index in [4.69, 9.17) is 5.84 Å². The average Bonchev–Trinajstić information content (AvgIpc) is 2.70. The monoisotopic (exact) mass is 280 g/mol. The number of hydrogen-bond donors (Lipinski definition) is 2. The lowest BCUT2D eigenvalue weighted by atomic mass is 10.3. The molecule has 0 spiro atoms. The summed E-state index contributed by atoms with van der Waals surface area (Å²) in [6, 6.07) is 4.88. The van der Waals surface area contributed by atoms with Crippen LogP contribution in [0.15, 0.2) is 28.3 Å². The van der Waals surface area contributed by atoms with Gasteiger partial charge in [0.05, 0.1) is 9.82 Å². The first-order chi connectivity index (χ1) is 9.04. The summed E-state index contributed by atoms with van der Waals surface area (Å²) < 4.78 is 1.76. The zero-order chi connectivity index (χ0) is 14.0. The third kappa shape index (κ3) is 2.51. The van der Waals surface area contributed by atoms with Gasteiger partial charge in [-0.05, 0) is 30.8 Å². The highest BCUT2D eigenvalue weighted by atomic mass is 32.2. The number of nitrogen functional groups attached to an aromatic ring is 1. The molecule has 1 heterocycles. The van der Waals surface area contributed by atoms with Crippen LogP contribution in [0.25, 0.3) is 0 Å². The number of hydrogen-bond acceptors (Lipinski definition) is 7. The first-order valence-electron chi connectivity index (χ1n) is 5.32. The van der Waals surface area contributed by atoms with Gasteiger partial charge in [-0.2, -0.15) is 0 Å². The van der Waals surface area contributed by atoms with E-state index in [1.54, 1.807) is 29.8 Å². The van der Waals surface area contributed by atoms with Gasteiger partial charge in [-0.25, -0.2) is 0 Å². The lowest BCUT2D eigenvalue weighted by Crippen LogP contribution is -2.09. The Hall–Kier alpha value is -2.13. The van der Waals surface area contributed by atoms with Crippen molar-refractivity contribution in [3.8, 4) is 0 Å². The minimum absolute atomic E-state index is 0.0735. The smallest absolute Gasteiger partial charge is 0.307 e. The second kappa shape index (κ2) is 5.24. The van der Waals surface area contributed by atoms with Crippen LogP contribution in [0.5, 0.6) is 0 Å². The van der Waals surface area contributed by atoms with Crippen LogP contribution in [0.3, 0.4) is 0 Å². The number of anilines is 1. The Morgan fingerprint density at radius 3 is 2.74 bits per heavy atom. The zero-order valence-electron chi connectivity index (χ0n) is 10.3. The number of aromatic nitrogens is 3. The lowest BCUT2D eigenvalue weighted by molar-refractivity contribution is -0.386. The maximum absolute atomic E-state index is 11.1. The SMILES string of the molecule is Cc1nnc(Sc2cccc(NN)c2[N+](=O)[O-])n1C. The molecule has 0 radical (unpaired) electrons. The lowest BCUT2D eigenvalue weighted by Gasteiger charge is -2.06. The van der Waals surface area contributed by atoms with Gasteiger partial charge >= 0.3 is 5.69 Å². The molecule has 0 atom stereocenters. The maximum atomic E-state index is 11.1. The molecule has 2 rings (SSSR count). The number of rotatable bonds is 4. The predicted molar refractivity (Wildman–Crippen MR) is 70.8 cm³/mol. The van der Waals surface area contributed by atoms with E-state index in [0.717, 1.165) is 5.82 Å². The first-order valence-corrected chi connectivity index (χ1v) is 6.14. The van der Waals surface area contributed by atoms with E-state index in [2.05, 4.69) is 15.6 Å². The highest BCUT2D eigenvalue weighted by Crippen LogP contribution is 2.38. The van der Waals surface area contributed by atoms with Gasteiger partial charge in [-0.1, -0.05) is 6.07 Å². The van der Waals surface area contributed by atoms with Crippen LogP contribution in [0, 0.1) is 17.0 Å². The Kier molecular flexibility index (Phi) is 3.67. The first kappa shape index (κ1) is 13.3. The van der Waals surface area contributed by atoms with Crippen LogP contribution in [0.2, 0.25) is 0 Å². The molecule has 0 unspecified atom stereocenters. The third-order valence-corrected chi connectivity index (χ3v) is 3.68. The van der Waals surface area contributed by atoms with Crippen LogP contribution in [0.4, 0.5) is 11.4 Å². The van der Waals surface area contributed by atoms with Gasteiger partial charge in [-0.15, -0.1) is 10.2 Å². The van der Waals surface area contributed by atoms with Crippen molar-refractivity contribution in [2.24, 2.45) is 12.9 Å². The molecule has 0 saturated heterocycles. The van der Waals surface area contributed by atoms with Gasteiger partial charge < -0.3 is 9.99 Å². The minimum atomic E-state index is -0.471. The molecule has 0 bridgehead atoms. The molecule has 2 aromatic rings. The van der Waals surface area contributed by atoms with Crippen molar-refractivity contribution in [1.82, 2.24) is 14.8 Å². The van der Waals surface area contributed by atoms with Crippen molar-refractivity contribution in [2.45, 2.75) is 17.0 Å². The summed E-state index contributed by atoms with van der Waals surface area (Å²) in [6.45, 7) is 1.81. The van der Waals surface area contributed by atoms with Crippen LogP contribution in [-0.2, 0) is 7.05 Å². The van der Waals surface area contributed by atoms with E-state index in [1.807, 2.05) is 6.92 Å². The van der Waals surface area contributed by atoms with E-state index in [0.29, 0.717) is 10.1 Å². The molecule has 9 heteroatoms. The van der Waals surface area contributed by atoms with Gasteiger partial charge in [0.25, 0.3) is 0 Å². The van der Waals surface area contributed by atoms with Gasteiger partial charge in [-0.3, -0.25) is 16.0 Å². The standard InChI is InChI=1S/C10H12N6O2S/c1-6-13-14-10(15(6)2)19-8-5-3-4-7(12-11)9(8)16(17)18/h3-5,12H,11H2,1-2H3.